The van der Waals surface area contributed by atoms with Crippen LogP contribution < -0.4 is 19.9 Å². The lowest BCUT2D eigenvalue weighted by atomic mass is 9.80. The van der Waals surface area contributed by atoms with Crippen LogP contribution in [0.3, 0.4) is 0 Å². The second-order valence-electron chi connectivity index (χ2n) is 8.75. The SMILES string of the molecule is CCOC(=O)[C@]1(C)N[C@H](c2ccc(N(C)C)cc2)[C@H]2C(=O)N(c3cccc(OC)c3)C(=O)[C@H]21. The number of nitrogens with one attached hydrogen (secondary N) is 1. The second kappa shape index (κ2) is 8.51. The Morgan fingerprint density at radius 1 is 1.12 bits per heavy atom. The summed E-state index contributed by atoms with van der Waals surface area (Å²) in [6.07, 6.45) is 0. The van der Waals surface area contributed by atoms with Crippen LogP contribution >= 0.6 is 0 Å². The van der Waals surface area contributed by atoms with Gasteiger partial charge in [0.2, 0.25) is 11.8 Å². The quantitative estimate of drug-likeness (QED) is 0.533. The van der Waals surface area contributed by atoms with Crippen LogP contribution in [0.25, 0.3) is 0 Å². The van der Waals surface area contributed by atoms with Gasteiger partial charge in [-0.05, 0) is 43.7 Å². The van der Waals surface area contributed by atoms with E-state index in [1.165, 1.54) is 12.0 Å². The molecule has 33 heavy (non-hydrogen) atoms. The number of imide groups is 1. The molecule has 2 aromatic carbocycles. The van der Waals surface area contributed by atoms with Gasteiger partial charge in [-0.15, -0.1) is 0 Å². The predicted molar refractivity (Wildman–Crippen MR) is 124 cm³/mol. The van der Waals surface area contributed by atoms with E-state index >= 15 is 0 Å². The number of rotatable bonds is 6. The Hall–Kier alpha value is -3.39. The van der Waals surface area contributed by atoms with E-state index in [-0.39, 0.29) is 12.5 Å². The molecule has 2 aromatic rings. The fourth-order valence-corrected chi connectivity index (χ4v) is 4.88. The molecule has 4 rings (SSSR count). The molecule has 0 saturated carbocycles. The van der Waals surface area contributed by atoms with E-state index in [0.717, 1.165) is 11.3 Å². The van der Waals surface area contributed by atoms with Crippen LogP contribution in [0.1, 0.15) is 25.5 Å². The fraction of sp³-hybridized carbons (Fsp3) is 0.400. The van der Waals surface area contributed by atoms with Crippen molar-refractivity contribution in [3.63, 3.8) is 0 Å². The van der Waals surface area contributed by atoms with Gasteiger partial charge in [0.05, 0.1) is 31.2 Å². The van der Waals surface area contributed by atoms with Gasteiger partial charge in [0.15, 0.2) is 0 Å². The summed E-state index contributed by atoms with van der Waals surface area (Å²) in [4.78, 5) is 43.5. The van der Waals surface area contributed by atoms with Crippen molar-refractivity contribution >= 4 is 29.2 Å². The van der Waals surface area contributed by atoms with E-state index < -0.39 is 35.3 Å². The predicted octanol–water partition coefficient (Wildman–Crippen LogP) is 2.53. The third kappa shape index (κ3) is 3.64. The number of methoxy groups -OCH3 is 1. The summed E-state index contributed by atoms with van der Waals surface area (Å²) in [7, 11) is 5.42. The lowest BCUT2D eigenvalue weighted by molar-refractivity contribution is -0.153. The molecule has 8 heteroatoms. The van der Waals surface area contributed by atoms with Crippen LogP contribution in [0.5, 0.6) is 5.75 Å². The fourth-order valence-electron chi connectivity index (χ4n) is 4.88. The number of hydrogen-bond acceptors (Lipinski definition) is 7. The van der Waals surface area contributed by atoms with E-state index in [1.807, 2.05) is 43.3 Å². The number of esters is 1. The van der Waals surface area contributed by atoms with Gasteiger partial charge in [0, 0.05) is 31.9 Å². The molecule has 2 aliphatic rings. The number of carbonyl (C=O) groups is 3. The van der Waals surface area contributed by atoms with Gasteiger partial charge in [0.1, 0.15) is 11.3 Å². The van der Waals surface area contributed by atoms with Crippen LogP contribution in [0.15, 0.2) is 48.5 Å². The van der Waals surface area contributed by atoms with Crippen LogP contribution in [-0.2, 0) is 19.1 Å². The highest BCUT2D eigenvalue weighted by Crippen LogP contribution is 2.50. The summed E-state index contributed by atoms with van der Waals surface area (Å²) in [5.74, 6) is -2.42. The number of carbonyl (C=O) groups excluding carboxylic acids is 3. The Labute approximate surface area is 193 Å². The highest BCUT2D eigenvalue weighted by molar-refractivity contribution is 6.24. The molecular weight excluding hydrogens is 422 g/mol. The molecule has 0 radical (unpaired) electrons. The number of hydrogen-bond donors (Lipinski definition) is 1. The second-order valence-corrected chi connectivity index (χ2v) is 8.75. The number of fused-ring (bicyclic) bond motifs is 1. The van der Waals surface area contributed by atoms with Crippen molar-refractivity contribution in [2.75, 3.05) is 37.6 Å². The van der Waals surface area contributed by atoms with Gasteiger partial charge in [-0.1, -0.05) is 18.2 Å². The maximum atomic E-state index is 13.7. The molecule has 2 saturated heterocycles. The number of benzene rings is 2. The van der Waals surface area contributed by atoms with Crippen molar-refractivity contribution in [1.82, 2.24) is 5.32 Å². The van der Waals surface area contributed by atoms with Crippen molar-refractivity contribution in [2.45, 2.75) is 25.4 Å². The first kappa shape index (κ1) is 22.8. The van der Waals surface area contributed by atoms with E-state index in [2.05, 4.69) is 5.32 Å². The zero-order valence-electron chi connectivity index (χ0n) is 19.5. The van der Waals surface area contributed by atoms with Crippen molar-refractivity contribution in [2.24, 2.45) is 11.8 Å². The molecule has 1 N–H and O–H groups in total. The summed E-state index contributed by atoms with van der Waals surface area (Å²) in [6, 6.07) is 14.0. The third-order valence-corrected chi connectivity index (χ3v) is 6.57. The topological polar surface area (TPSA) is 88.2 Å². The molecule has 2 heterocycles. The minimum Gasteiger partial charge on any atom is -0.497 e. The largest absolute Gasteiger partial charge is 0.497 e. The minimum atomic E-state index is -1.34. The first-order valence-electron chi connectivity index (χ1n) is 11.0. The van der Waals surface area contributed by atoms with Crippen LogP contribution in [0.2, 0.25) is 0 Å². The number of nitrogens with zero attached hydrogens (tertiary/aromatic N) is 2. The molecule has 2 amide bonds. The van der Waals surface area contributed by atoms with Crippen molar-refractivity contribution in [1.29, 1.82) is 0 Å². The summed E-state index contributed by atoms with van der Waals surface area (Å²) in [5, 5.41) is 3.29. The van der Waals surface area contributed by atoms with Crippen molar-refractivity contribution in [3.05, 3.63) is 54.1 Å². The van der Waals surface area contributed by atoms with Crippen molar-refractivity contribution in [3.8, 4) is 5.75 Å². The first-order valence-corrected chi connectivity index (χ1v) is 11.0. The van der Waals surface area contributed by atoms with Gasteiger partial charge in [0.25, 0.3) is 0 Å². The zero-order valence-corrected chi connectivity index (χ0v) is 19.5. The molecule has 2 fully saturated rings. The maximum absolute atomic E-state index is 13.7. The Kier molecular flexibility index (Phi) is 5.88. The first-order chi connectivity index (χ1) is 15.7. The van der Waals surface area contributed by atoms with E-state index in [4.69, 9.17) is 9.47 Å². The molecule has 174 valence electrons. The lowest BCUT2D eigenvalue weighted by Crippen LogP contribution is -2.54. The highest BCUT2D eigenvalue weighted by Gasteiger charge is 2.67. The van der Waals surface area contributed by atoms with Crippen molar-refractivity contribution < 1.29 is 23.9 Å². The summed E-state index contributed by atoms with van der Waals surface area (Å²) >= 11 is 0. The van der Waals surface area contributed by atoms with Gasteiger partial charge in [-0.2, -0.15) is 0 Å². The normalized spacial score (nSPS) is 26.3. The summed E-state index contributed by atoms with van der Waals surface area (Å²) in [5.41, 5.74) is 0.920. The average Bonchev–Trinajstić information content (AvgIpc) is 3.27. The summed E-state index contributed by atoms with van der Waals surface area (Å²) < 4.78 is 10.6. The Bertz CT molecular complexity index is 1080. The molecule has 0 spiro atoms. The molecule has 8 nitrogen and oxygen atoms in total. The highest BCUT2D eigenvalue weighted by atomic mass is 16.5. The van der Waals surface area contributed by atoms with Gasteiger partial charge >= 0.3 is 5.97 Å². The molecule has 0 aromatic heterocycles. The smallest absolute Gasteiger partial charge is 0.326 e. The molecular formula is C25H29N3O5. The molecule has 0 aliphatic carbocycles. The Morgan fingerprint density at radius 2 is 1.82 bits per heavy atom. The van der Waals surface area contributed by atoms with E-state index in [0.29, 0.717) is 11.4 Å². The third-order valence-electron chi connectivity index (χ3n) is 6.57. The lowest BCUT2D eigenvalue weighted by Gasteiger charge is -2.29. The van der Waals surface area contributed by atoms with Gasteiger partial charge in [-0.3, -0.25) is 19.7 Å². The Morgan fingerprint density at radius 3 is 2.42 bits per heavy atom. The van der Waals surface area contributed by atoms with E-state index in [9.17, 15) is 14.4 Å². The molecule has 2 aliphatic heterocycles. The van der Waals surface area contributed by atoms with Gasteiger partial charge < -0.3 is 14.4 Å². The van der Waals surface area contributed by atoms with E-state index in [1.54, 1.807) is 38.1 Å². The average molecular weight is 452 g/mol. The standard InChI is InChI=1S/C25H29N3O5/c1-6-33-24(31)25(2)20-19(21(26-25)15-10-12-16(13-11-15)27(3)4)22(29)28(23(20)30)17-8-7-9-18(14-17)32-5/h7-14,19-21,26H,6H2,1-5H3/t19-,20-,21+,25+/m0/s1. The maximum Gasteiger partial charge on any atom is 0.326 e. The monoisotopic (exact) mass is 451 g/mol. The van der Waals surface area contributed by atoms with Crippen LogP contribution in [0.4, 0.5) is 11.4 Å². The summed E-state index contributed by atoms with van der Waals surface area (Å²) in [6.45, 7) is 3.55. The van der Waals surface area contributed by atoms with Crippen LogP contribution in [-0.4, -0.2) is 51.1 Å². The minimum absolute atomic E-state index is 0.178. The Balaban J connectivity index is 1.79. The molecule has 0 unspecified atom stereocenters. The van der Waals surface area contributed by atoms with Gasteiger partial charge in [-0.25, -0.2) is 4.90 Å². The number of amides is 2. The molecule has 4 atom stereocenters. The zero-order chi connectivity index (χ0) is 23.9. The van der Waals surface area contributed by atoms with Crippen LogP contribution in [0, 0.1) is 11.8 Å². The number of ether oxygens (including phenoxy) is 2. The number of anilines is 2. The molecule has 0 bridgehead atoms.